The zero-order valence-corrected chi connectivity index (χ0v) is 25.7. The average molecular weight is 567 g/mol. The van der Waals surface area contributed by atoms with Crippen molar-refractivity contribution in [2.75, 3.05) is 19.6 Å². The molecule has 3 amide bonds. The lowest BCUT2D eigenvalue weighted by molar-refractivity contribution is -0.139. The highest BCUT2D eigenvalue weighted by Gasteiger charge is 2.41. The molecule has 0 spiro atoms. The van der Waals surface area contributed by atoms with Crippen LogP contribution >= 0.6 is 0 Å². The number of fused-ring (bicyclic) bond motifs is 1. The van der Waals surface area contributed by atoms with Gasteiger partial charge in [0.25, 0.3) is 5.91 Å². The molecule has 9 nitrogen and oxygen atoms in total. The van der Waals surface area contributed by atoms with Crippen molar-refractivity contribution < 1.29 is 23.9 Å². The summed E-state index contributed by atoms with van der Waals surface area (Å²) in [6.07, 6.45) is -0.205. The molecule has 0 radical (unpaired) electrons. The second-order valence-electron chi connectivity index (χ2n) is 11.8. The summed E-state index contributed by atoms with van der Waals surface area (Å²) in [5.74, 6) is 0.673. The van der Waals surface area contributed by atoms with E-state index >= 15 is 0 Å². The third-order valence-electron chi connectivity index (χ3n) is 7.11. The van der Waals surface area contributed by atoms with Gasteiger partial charge in [-0.15, -0.1) is 0 Å². The Morgan fingerprint density at radius 2 is 1.63 bits per heavy atom. The molecule has 0 saturated carbocycles. The van der Waals surface area contributed by atoms with E-state index in [1.54, 1.807) is 19.9 Å². The van der Waals surface area contributed by atoms with Gasteiger partial charge in [-0.3, -0.25) is 19.4 Å². The molecule has 2 aromatic carbocycles. The Morgan fingerprint density at radius 1 is 0.976 bits per heavy atom. The van der Waals surface area contributed by atoms with Crippen LogP contribution in [0.5, 0.6) is 11.5 Å². The minimum absolute atomic E-state index is 0.107. The predicted molar refractivity (Wildman–Crippen MR) is 160 cm³/mol. The first-order valence-corrected chi connectivity index (χ1v) is 14.5. The van der Waals surface area contributed by atoms with Gasteiger partial charge < -0.3 is 20.1 Å². The maximum atomic E-state index is 13.7. The summed E-state index contributed by atoms with van der Waals surface area (Å²) in [5.41, 5.74) is 0.219. The molecule has 2 N–H and O–H groups in total. The molecular formula is C32H46N4O5. The zero-order valence-electron chi connectivity index (χ0n) is 25.7. The van der Waals surface area contributed by atoms with Crippen molar-refractivity contribution in [1.29, 1.82) is 0 Å². The lowest BCUT2D eigenvalue weighted by Crippen LogP contribution is -2.53. The predicted octanol–water partition coefficient (Wildman–Crippen LogP) is 5.05. The van der Waals surface area contributed by atoms with Crippen LogP contribution in [0, 0.1) is 0 Å². The third-order valence-corrected chi connectivity index (χ3v) is 7.11. The van der Waals surface area contributed by atoms with Crippen LogP contribution in [0.15, 0.2) is 48.5 Å². The summed E-state index contributed by atoms with van der Waals surface area (Å²) < 4.78 is 11.7. The van der Waals surface area contributed by atoms with Gasteiger partial charge in [-0.1, -0.05) is 24.3 Å². The second-order valence-corrected chi connectivity index (χ2v) is 11.8. The van der Waals surface area contributed by atoms with E-state index in [0.29, 0.717) is 48.7 Å². The lowest BCUT2D eigenvalue weighted by Gasteiger charge is -2.38. The summed E-state index contributed by atoms with van der Waals surface area (Å²) in [4.78, 5) is 43.7. The largest absolute Gasteiger partial charge is 0.457 e. The van der Waals surface area contributed by atoms with Crippen LogP contribution in [0.2, 0.25) is 0 Å². The minimum atomic E-state index is -1.41. The van der Waals surface area contributed by atoms with Gasteiger partial charge in [0.15, 0.2) is 5.60 Å². The van der Waals surface area contributed by atoms with Gasteiger partial charge >= 0.3 is 6.09 Å². The summed E-state index contributed by atoms with van der Waals surface area (Å²) in [5, 5.41) is 5.84. The maximum Gasteiger partial charge on any atom is 0.411 e. The van der Waals surface area contributed by atoms with Gasteiger partial charge in [0.2, 0.25) is 5.91 Å². The number of benzene rings is 2. The Bertz CT molecular complexity index is 1190. The molecule has 0 fully saturated rings. The van der Waals surface area contributed by atoms with Gasteiger partial charge in [-0.05, 0) is 97.2 Å². The Morgan fingerprint density at radius 3 is 2.24 bits per heavy atom. The number of carbonyl (C=O) groups excluding carboxylic acids is 3. The number of carbonyl (C=O) groups is 3. The number of rotatable bonds is 11. The maximum absolute atomic E-state index is 13.7. The highest BCUT2D eigenvalue weighted by molar-refractivity contribution is 5.90. The fraction of sp³-hybridized carbons (Fsp3) is 0.531. The highest BCUT2D eigenvalue weighted by atomic mass is 16.6. The zero-order chi connectivity index (χ0) is 30.3. The molecule has 1 unspecified atom stereocenters. The second kappa shape index (κ2) is 13.9. The van der Waals surface area contributed by atoms with Crippen molar-refractivity contribution in [1.82, 2.24) is 20.4 Å². The van der Waals surface area contributed by atoms with Crippen molar-refractivity contribution in [2.24, 2.45) is 0 Å². The molecule has 1 aliphatic heterocycles. The molecule has 1 heterocycles. The summed E-state index contributed by atoms with van der Waals surface area (Å²) in [7, 11) is 0. The summed E-state index contributed by atoms with van der Waals surface area (Å²) >= 11 is 0. The fourth-order valence-corrected chi connectivity index (χ4v) is 5.05. The van der Waals surface area contributed by atoms with E-state index in [1.807, 2.05) is 56.3 Å². The monoisotopic (exact) mass is 566 g/mol. The SMILES string of the molecule is CC(C)NC(=O)C(C)(C)OC(=O)N1CCc2cc(Oc3ccccc3)ccc2C1C(=O)NCCN(C(C)C)C(C)C. The minimum Gasteiger partial charge on any atom is -0.457 e. The first-order valence-electron chi connectivity index (χ1n) is 14.5. The van der Waals surface area contributed by atoms with E-state index in [2.05, 4.69) is 43.2 Å². The number of para-hydroxylation sites is 1. The molecule has 1 aliphatic rings. The first kappa shape index (κ1) is 31.9. The number of ether oxygens (including phenoxy) is 2. The number of hydrogen-bond donors (Lipinski definition) is 2. The van der Waals surface area contributed by atoms with Crippen LogP contribution in [-0.4, -0.2) is 71.1 Å². The summed E-state index contributed by atoms with van der Waals surface area (Å²) in [6, 6.07) is 14.7. The van der Waals surface area contributed by atoms with Gasteiger partial charge in [-0.2, -0.15) is 0 Å². The van der Waals surface area contributed by atoms with Crippen molar-refractivity contribution in [3.63, 3.8) is 0 Å². The van der Waals surface area contributed by atoms with Crippen molar-refractivity contribution >= 4 is 17.9 Å². The van der Waals surface area contributed by atoms with Crippen LogP contribution in [0.1, 0.15) is 72.6 Å². The van der Waals surface area contributed by atoms with E-state index in [0.717, 1.165) is 5.56 Å². The molecular weight excluding hydrogens is 520 g/mol. The third kappa shape index (κ3) is 8.45. The van der Waals surface area contributed by atoms with Crippen LogP contribution in [0.4, 0.5) is 4.79 Å². The van der Waals surface area contributed by atoms with Crippen LogP contribution in [-0.2, 0) is 20.7 Å². The average Bonchev–Trinajstić information content (AvgIpc) is 2.89. The van der Waals surface area contributed by atoms with Gasteiger partial charge in [0, 0.05) is 37.8 Å². The lowest BCUT2D eigenvalue weighted by atomic mass is 9.92. The van der Waals surface area contributed by atoms with Gasteiger partial charge in [-0.25, -0.2) is 4.79 Å². The quantitative estimate of drug-likeness (QED) is 0.395. The fourth-order valence-electron chi connectivity index (χ4n) is 5.05. The van der Waals surface area contributed by atoms with Gasteiger partial charge in [0.1, 0.15) is 17.5 Å². The topological polar surface area (TPSA) is 100 Å². The van der Waals surface area contributed by atoms with E-state index in [-0.39, 0.29) is 18.5 Å². The van der Waals surface area contributed by atoms with Crippen LogP contribution in [0.3, 0.4) is 0 Å². The molecule has 0 bridgehead atoms. The van der Waals surface area contributed by atoms with Crippen LogP contribution < -0.4 is 15.4 Å². The standard InChI is InChI=1S/C32H46N4O5/c1-21(2)34-30(38)32(7,8)41-31(39)36-18-16-24-20-26(40-25-12-10-9-11-13-25)14-15-27(24)28(36)29(37)33-17-19-35(22(3)4)23(5)6/h9-15,20-23,28H,16-19H2,1-8H3,(H,33,37)(H,34,38). The van der Waals surface area contributed by atoms with Crippen molar-refractivity contribution in [2.45, 2.75) is 91.6 Å². The molecule has 9 heteroatoms. The van der Waals surface area contributed by atoms with Crippen molar-refractivity contribution in [3.05, 3.63) is 59.7 Å². The van der Waals surface area contributed by atoms with Crippen LogP contribution in [0.25, 0.3) is 0 Å². The molecule has 0 saturated heterocycles. The number of hydrogen-bond acceptors (Lipinski definition) is 6. The Kier molecular flexibility index (Phi) is 10.8. The number of nitrogens with one attached hydrogen (secondary N) is 2. The molecule has 2 aromatic rings. The number of amides is 3. The molecule has 0 aliphatic carbocycles. The number of nitrogens with zero attached hydrogens (tertiary/aromatic N) is 2. The Hall–Kier alpha value is -3.59. The molecule has 3 rings (SSSR count). The van der Waals surface area contributed by atoms with E-state index in [9.17, 15) is 14.4 Å². The Balaban J connectivity index is 1.86. The first-order chi connectivity index (χ1) is 19.3. The van der Waals surface area contributed by atoms with E-state index in [1.165, 1.54) is 4.90 Å². The normalized spacial score (nSPS) is 15.2. The molecule has 1 atom stereocenters. The molecule has 0 aromatic heterocycles. The van der Waals surface area contributed by atoms with E-state index in [4.69, 9.17) is 9.47 Å². The van der Waals surface area contributed by atoms with E-state index < -0.39 is 23.6 Å². The Labute approximate surface area is 244 Å². The summed E-state index contributed by atoms with van der Waals surface area (Å²) in [6.45, 7) is 16.7. The van der Waals surface area contributed by atoms with Crippen molar-refractivity contribution in [3.8, 4) is 11.5 Å². The highest BCUT2D eigenvalue weighted by Crippen LogP contribution is 2.35. The van der Waals surface area contributed by atoms with Gasteiger partial charge in [0.05, 0.1) is 0 Å². The molecule has 224 valence electrons. The molecule has 41 heavy (non-hydrogen) atoms. The smallest absolute Gasteiger partial charge is 0.411 e.